The highest BCUT2D eigenvalue weighted by atomic mass is 16.3. The monoisotopic (exact) mass is 334 g/mol. The molecule has 5 fully saturated rings. The minimum absolute atomic E-state index is 0.0172. The van der Waals surface area contributed by atoms with Gasteiger partial charge in [-0.05, 0) is 59.8 Å². The molecule has 8 unspecified atom stereocenters. The van der Waals surface area contributed by atoms with E-state index in [0.29, 0.717) is 12.8 Å². The predicted molar refractivity (Wildman–Crippen MR) is 90.0 cm³/mol. The molecular formula is C20H30O4. The zero-order valence-corrected chi connectivity index (χ0v) is 15.0. The highest BCUT2D eigenvalue weighted by molar-refractivity contribution is 5.89. The number of Topliss-reactive ketones (excluding diaryl/α,β-unsaturated/α-hetero) is 1. The first kappa shape index (κ1) is 16.7. The average molecular weight is 334 g/mol. The maximum absolute atomic E-state index is 13.3. The lowest BCUT2D eigenvalue weighted by Crippen LogP contribution is -2.73. The summed E-state index contributed by atoms with van der Waals surface area (Å²) in [4.78, 5) is 13.3. The van der Waals surface area contributed by atoms with Gasteiger partial charge in [-0.2, -0.15) is 0 Å². The van der Waals surface area contributed by atoms with Crippen LogP contribution in [0.1, 0.15) is 52.9 Å². The van der Waals surface area contributed by atoms with E-state index in [2.05, 4.69) is 27.4 Å². The first-order valence-electron chi connectivity index (χ1n) is 9.34. The minimum atomic E-state index is -1.07. The van der Waals surface area contributed by atoms with Crippen LogP contribution in [0.2, 0.25) is 0 Å². The van der Waals surface area contributed by atoms with Crippen molar-refractivity contribution < 1.29 is 20.1 Å². The van der Waals surface area contributed by atoms with E-state index in [-0.39, 0.29) is 34.4 Å². The molecule has 3 N–H and O–H groups in total. The molecule has 134 valence electrons. The van der Waals surface area contributed by atoms with Crippen molar-refractivity contribution in [1.82, 2.24) is 0 Å². The molecule has 5 rings (SSSR count). The third-order valence-corrected chi connectivity index (χ3v) is 8.66. The summed E-state index contributed by atoms with van der Waals surface area (Å²) in [7, 11) is 0. The second-order valence-electron chi connectivity index (χ2n) is 9.71. The third-order valence-electron chi connectivity index (χ3n) is 8.66. The van der Waals surface area contributed by atoms with E-state index < -0.39 is 23.7 Å². The van der Waals surface area contributed by atoms with Gasteiger partial charge in [-0.3, -0.25) is 4.79 Å². The molecule has 5 aliphatic rings. The maximum atomic E-state index is 13.3. The summed E-state index contributed by atoms with van der Waals surface area (Å²) in [6.45, 7) is 10.4. The molecule has 0 saturated heterocycles. The van der Waals surface area contributed by atoms with Crippen LogP contribution >= 0.6 is 0 Å². The molecule has 5 saturated carbocycles. The third kappa shape index (κ3) is 1.63. The number of carbonyl (C=O) groups excluding carboxylic acids is 1. The molecule has 24 heavy (non-hydrogen) atoms. The van der Waals surface area contributed by atoms with Gasteiger partial charge in [0, 0.05) is 6.42 Å². The molecule has 4 heteroatoms. The smallest absolute Gasteiger partial charge is 0.145 e. The van der Waals surface area contributed by atoms with Crippen LogP contribution in [0.15, 0.2) is 12.2 Å². The Balaban J connectivity index is 1.87. The summed E-state index contributed by atoms with van der Waals surface area (Å²) < 4.78 is 0. The number of aliphatic hydroxyl groups is 3. The van der Waals surface area contributed by atoms with Crippen molar-refractivity contribution >= 4 is 5.78 Å². The van der Waals surface area contributed by atoms with E-state index in [1.54, 1.807) is 0 Å². The summed E-state index contributed by atoms with van der Waals surface area (Å²) in [6.07, 6.45) is 1.18. The summed E-state index contributed by atoms with van der Waals surface area (Å²) in [5, 5.41) is 32.3. The number of hydrogen-bond donors (Lipinski definition) is 3. The van der Waals surface area contributed by atoms with Gasteiger partial charge in [0.1, 0.15) is 5.78 Å². The van der Waals surface area contributed by atoms with Crippen molar-refractivity contribution in [2.45, 2.75) is 71.2 Å². The van der Waals surface area contributed by atoms with Crippen molar-refractivity contribution in [3.05, 3.63) is 12.2 Å². The normalized spacial score (nSPS) is 55.9. The van der Waals surface area contributed by atoms with Gasteiger partial charge in [0.2, 0.25) is 0 Å². The summed E-state index contributed by atoms with van der Waals surface area (Å²) in [5.74, 6) is 0.137. The van der Waals surface area contributed by atoms with Gasteiger partial charge in [-0.1, -0.05) is 27.4 Å². The molecule has 5 aliphatic carbocycles. The fraction of sp³-hybridized carbons (Fsp3) is 0.850. The van der Waals surface area contributed by atoms with Crippen molar-refractivity contribution in [2.75, 3.05) is 0 Å². The molecule has 4 nitrogen and oxygen atoms in total. The quantitative estimate of drug-likeness (QED) is 0.593. The fourth-order valence-corrected chi connectivity index (χ4v) is 7.18. The van der Waals surface area contributed by atoms with Gasteiger partial charge < -0.3 is 15.3 Å². The number of ketones is 1. The first-order valence-corrected chi connectivity index (χ1v) is 9.34. The van der Waals surface area contributed by atoms with Crippen LogP contribution in [0.25, 0.3) is 0 Å². The van der Waals surface area contributed by atoms with Crippen LogP contribution in [0.4, 0.5) is 0 Å². The lowest BCUT2D eigenvalue weighted by atomic mass is 9.35. The summed E-state index contributed by atoms with van der Waals surface area (Å²) >= 11 is 0. The van der Waals surface area contributed by atoms with Gasteiger partial charge in [0.25, 0.3) is 0 Å². The molecule has 2 bridgehead atoms. The van der Waals surface area contributed by atoms with E-state index >= 15 is 0 Å². The first-order chi connectivity index (χ1) is 11.1. The van der Waals surface area contributed by atoms with Crippen LogP contribution in [0, 0.1) is 34.0 Å². The van der Waals surface area contributed by atoms with Crippen LogP contribution in [0.3, 0.4) is 0 Å². The van der Waals surface area contributed by atoms with Gasteiger partial charge >= 0.3 is 0 Å². The van der Waals surface area contributed by atoms with Crippen LogP contribution in [-0.4, -0.2) is 39.4 Å². The zero-order chi connectivity index (χ0) is 17.7. The van der Waals surface area contributed by atoms with Crippen molar-refractivity contribution in [3.63, 3.8) is 0 Å². The van der Waals surface area contributed by atoms with Gasteiger partial charge in [-0.25, -0.2) is 0 Å². The van der Waals surface area contributed by atoms with Crippen LogP contribution in [0.5, 0.6) is 0 Å². The standard InChI is InChI=1S/C20H30O4/c1-10-11-7-13-19(4)6-5-14(21)18(2,3)12(19)9-16(23)20(13,17(10)24)15(22)8-11/h11-15,17,21-22,24H,1,5-9H2,2-4H3. The SMILES string of the molecule is C=C1C2CC(O)C3(C(=O)CC4C(C)(C)C(O)CCC4(C)C3C2)C1O. The van der Waals surface area contributed by atoms with Crippen LogP contribution in [-0.2, 0) is 4.79 Å². The second kappa shape index (κ2) is 4.72. The van der Waals surface area contributed by atoms with E-state index in [0.717, 1.165) is 24.8 Å². The Morgan fingerprint density at radius 1 is 1.04 bits per heavy atom. The van der Waals surface area contributed by atoms with Crippen molar-refractivity contribution in [2.24, 2.45) is 34.0 Å². The highest BCUT2D eigenvalue weighted by Gasteiger charge is 2.73. The van der Waals surface area contributed by atoms with Crippen LogP contribution < -0.4 is 0 Å². The van der Waals surface area contributed by atoms with Gasteiger partial charge in [-0.15, -0.1) is 0 Å². The minimum Gasteiger partial charge on any atom is -0.393 e. The maximum Gasteiger partial charge on any atom is 0.145 e. The van der Waals surface area contributed by atoms with E-state index in [1.807, 2.05) is 0 Å². The molecule has 0 radical (unpaired) electrons. The summed E-state index contributed by atoms with van der Waals surface area (Å²) in [5.41, 5.74) is -0.802. The van der Waals surface area contributed by atoms with Gasteiger partial charge in [0.05, 0.1) is 23.7 Å². The molecule has 0 heterocycles. The van der Waals surface area contributed by atoms with E-state index in [1.165, 1.54) is 0 Å². The molecule has 0 aromatic carbocycles. The molecule has 0 aliphatic heterocycles. The Morgan fingerprint density at radius 3 is 2.38 bits per heavy atom. The Bertz CT molecular complexity index is 611. The molecular weight excluding hydrogens is 304 g/mol. The number of aliphatic hydroxyl groups excluding tert-OH is 3. The number of rotatable bonds is 0. The Hall–Kier alpha value is -0.710. The van der Waals surface area contributed by atoms with E-state index in [9.17, 15) is 20.1 Å². The summed E-state index contributed by atoms with van der Waals surface area (Å²) in [6, 6.07) is 0. The Morgan fingerprint density at radius 2 is 1.71 bits per heavy atom. The fourth-order valence-electron chi connectivity index (χ4n) is 7.18. The largest absolute Gasteiger partial charge is 0.393 e. The second-order valence-corrected chi connectivity index (χ2v) is 9.71. The molecule has 8 atom stereocenters. The molecule has 0 aromatic rings. The number of fused-ring (bicyclic) bond motifs is 3. The molecule has 0 amide bonds. The lowest BCUT2D eigenvalue weighted by molar-refractivity contribution is -0.240. The Labute approximate surface area is 144 Å². The Kier molecular flexibility index (Phi) is 3.29. The topological polar surface area (TPSA) is 77.8 Å². The van der Waals surface area contributed by atoms with E-state index in [4.69, 9.17) is 0 Å². The zero-order valence-electron chi connectivity index (χ0n) is 15.0. The highest BCUT2D eigenvalue weighted by Crippen LogP contribution is 2.70. The predicted octanol–water partition coefficient (Wildman–Crippen LogP) is 2.07. The average Bonchev–Trinajstić information content (AvgIpc) is 2.51. The molecule has 0 aromatic heterocycles. The molecule has 1 spiro atoms. The van der Waals surface area contributed by atoms with Crippen molar-refractivity contribution in [3.8, 4) is 0 Å². The van der Waals surface area contributed by atoms with Gasteiger partial charge in [0.15, 0.2) is 0 Å². The number of hydrogen-bond acceptors (Lipinski definition) is 4. The van der Waals surface area contributed by atoms with Crippen molar-refractivity contribution in [1.29, 1.82) is 0 Å². The number of carbonyl (C=O) groups is 1. The lowest BCUT2D eigenvalue weighted by Gasteiger charge is -2.69.